The second-order valence-corrected chi connectivity index (χ2v) is 5.48. The molecule has 0 aliphatic heterocycles. The van der Waals surface area contributed by atoms with Gasteiger partial charge in [-0.2, -0.15) is 0 Å². The van der Waals surface area contributed by atoms with Gasteiger partial charge >= 0.3 is 5.97 Å². The zero-order chi connectivity index (χ0) is 14.5. The molecule has 0 aliphatic carbocycles. The van der Waals surface area contributed by atoms with Crippen LogP contribution in [0.4, 0.5) is 10.8 Å². The van der Waals surface area contributed by atoms with Gasteiger partial charge in [0, 0.05) is 16.1 Å². The number of nitrogens with one attached hydrogen (secondary N) is 1. The fraction of sp³-hybridized carbons (Fsp3) is 0.286. The van der Waals surface area contributed by atoms with Gasteiger partial charge in [-0.05, 0) is 31.5 Å². The molecule has 4 nitrogen and oxygen atoms in total. The van der Waals surface area contributed by atoms with Gasteiger partial charge in [0.25, 0.3) is 0 Å². The molecule has 1 aromatic heterocycles. The Bertz CT molecular complexity index is 613. The number of nitrogens with zero attached hydrogens (tertiary/aromatic N) is 1. The number of aromatic nitrogens is 1. The van der Waals surface area contributed by atoms with Crippen molar-refractivity contribution in [3.63, 3.8) is 0 Å². The van der Waals surface area contributed by atoms with Crippen LogP contribution in [0.2, 0.25) is 5.02 Å². The van der Waals surface area contributed by atoms with Crippen molar-refractivity contribution in [1.82, 2.24) is 4.98 Å². The minimum atomic E-state index is -0.261. The number of halogens is 1. The van der Waals surface area contributed by atoms with Gasteiger partial charge in [0.1, 0.15) is 0 Å². The van der Waals surface area contributed by atoms with Crippen molar-refractivity contribution >= 4 is 39.7 Å². The van der Waals surface area contributed by atoms with Crippen molar-refractivity contribution in [2.45, 2.75) is 20.3 Å². The average Bonchev–Trinajstić information content (AvgIpc) is 2.81. The number of carbonyl (C=O) groups is 1. The second kappa shape index (κ2) is 6.72. The van der Waals surface area contributed by atoms with Crippen molar-refractivity contribution in [2.75, 3.05) is 11.9 Å². The monoisotopic (exact) mass is 310 g/mol. The molecule has 0 amide bonds. The molecule has 0 radical (unpaired) electrons. The molecule has 6 heteroatoms. The van der Waals surface area contributed by atoms with Crippen molar-refractivity contribution in [3.05, 3.63) is 39.9 Å². The quantitative estimate of drug-likeness (QED) is 0.849. The predicted octanol–water partition coefficient (Wildman–Crippen LogP) is 3.95. The van der Waals surface area contributed by atoms with Crippen molar-refractivity contribution in [2.24, 2.45) is 0 Å². The Hall–Kier alpha value is -1.59. The highest BCUT2D eigenvalue weighted by atomic mass is 35.5. The van der Waals surface area contributed by atoms with Crippen LogP contribution in [-0.2, 0) is 16.0 Å². The van der Waals surface area contributed by atoms with Crippen LogP contribution in [0.15, 0.2) is 23.6 Å². The molecule has 1 N–H and O–H groups in total. The van der Waals surface area contributed by atoms with E-state index in [0.29, 0.717) is 17.3 Å². The van der Waals surface area contributed by atoms with Gasteiger partial charge in [-0.3, -0.25) is 4.79 Å². The molecule has 0 unspecified atom stereocenters. The van der Waals surface area contributed by atoms with Crippen molar-refractivity contribution < 1.29 is 9.53 Å². The van der Waals surface area contributed by atoms with E-state index in [-0.39, 0.29) is 12.4 Å². The van der Waals surface area contributed by atoms with Crippen molar-refractivity contribution in [1.29, 1.82) is 0 Å². The zero-order valence-electron chi connectivity index (χ0n) is 11.3. The van der Waals surface area contributed by atoms with Crippen LogP contribution in [0, 0.1) is 6.92 Å². The van der Waals surface area contributed by atoms with Gasteiger partial charge in [0.15, 0.2) is 5.13 Å². The highest BCUT2D eigenvalue weighted by Crippen LogP contribution is 2.25. The summed E-state index contributed by atoms with van der Waals surface area (Å²) in [4.78, 5) is 15.7. The van der Waals surface area contributed by atoms with E-state index in [2.05, 4.69) is 10.3 Å². The number of thiazole rings is 1. The van der Waals surface area contributed by atoms with Crippen LogP contribution in [0.1, 0.15) is 18.2 Å². The van der Waals surface area contributed by atoms with Crippen LogP contribution in [0.5, 0.6) is 0 Å². The first kappa shape index (κ1) is 14.8. The van der Waals surface area contributed by atoms with Crippen LogP contribution in [0.3, 0.4) is 0 Å². The fourth-order valence-electron chi connectivity index (χ4n) is 1.60. The standard InChI is InChI=1S/C14H15ClN2O2S/c1-3-19-13(18)7-11-8-20-14(17-11)16-10-5-4-9(2)12(15)6-10/h4-6,8H,3,7H2,1-2H3,(H,16,17). The number of carbonyl (C=O) groups excluding carboxylic acids is 1. The van der Waals surface area contributed by atoms with Gasteiger partial charge in [0.2, 0.25) is 0 Å². The summed E-state index contributed by atoms with van der Waals surface area (Å²) in [5, 5.41) is 6.44. The summed E-state index contributed by atoms with van der Waals surface area (Å²) in [7, 11) is 0. The number of ether oxygens (including phenoxy) is 1. The van der Waals surface area contributed by atoms with Crippen LogP contribution in [0.25, 0.3) is 0 Å². The molecular formula is C14H15ClN2O2S. The molecule has 20 heavy (non-hydrogen) atoms. The van der Waals surface area contributed by atoms with E-state index in [1.54, 1.807) is 6.92 Å². The zero-order valence-corrected chi connectivity index (χ0v) is 12.8. The molecule has 2 rings (SSSR count). The molecule has 1 aromatic carbocycles. The normalized spacial score (nSPS) is 10.3. The Morgan fingerprint density at radius 1 is 1.50 bits per heavy atom. The lowest BCUT2D eigenvalue weighted by atomic mass is 10.2. The summed E-state index contributed by atoms with van der Waals surface area (Å²) in [6.07, 6.45) is 0.195. The Balaban J connectivity index is 2.02. The maximum Gasteiger partial charge on any atom is 0.311 e. The van der Waals surface area contributed by atoms with E-state index in [9.17, 15) is 4.79 Å². The summed E-state index contributed by atoms with van der Waals surface area (Å²) < 4.78 is 4.89. The molecule has 2 aromatic rings. The minimum absolute atomic E-state index is 0.195. The highest BCUT2D eigenvalue weighted by Gasteiger charge is 2.08. The Kier molecular flexibility index (Phi) is 4.98. The number of anilines is 2. The fourth-order valence-corrected chi connectivity index (χ4v) is 2.51. The largest absolute Gasteiger partial charge is 0.466 e. The van der Waals surface area contributed by atoms with E-state index in [0.717, 1.165) is 16.4 Å². The van der Waals surface area contributed by atoms with Gasteiger partial charge in [-0.25, -0.2) is 4.98 Å². The maximum atomic E-state index is 11.4. The third-order valence-corrected chi connectivity index (χ3v) is 3.82. The van der Waals surface area contributed by atoms with E-state index >= 15 is 0 Å². The predicted molar refractivity (Wildman–Crippen MR) is 81.9 cm³/mol. The molecule has 0 bridgehead atoms. The highest BCUT2D eigenvalue weighted by molar-refractivity contribution is 7.13. The molecular weight excluding hydrogens is 296 g/mol. The van der Waals surface area contributed by atoms with Gasteiger partial charge in [0.05, 0.1) is 18.7 Å². The number of hydrogen-bond donors (Lipinski definition) is 1. The lowest BCUT2D eigenvalue weighted by Gasteiger charge is -2.04. The molecule has 0 saturated carbocycles. The Morgan fingerprint density at radius 3 is 3.00 bits per heavy atom. The first-order valence-corrected chi connectivity index (χ1v) is 7.47. The average molecular weight is 311 g/mol. The topological polar surface area (TPSA) is 51.2 Å². The van der Waals surface area contributed by atoms with E-state index in [1.807, 2.05) is 30.5 Å². The maximum absolute atomic E-state index is 11.4. The summed E-state index contributed by atoms with van der Waals surface area (Å²) in [5.74, 6) is -0.261. The molecule has 0 atom stereocenters. The summed E-state index contributed by atoms with van der Waals surface area (Å²) in [6.45, 7) is 4.12. The van der Waals surface area contributed by atoms with Gasteiger partial charge in [-0.15, -0.1) is 11.3 Å². The first-order valence-electron chi connectivity index (χ1n) is 6.21. The lowest BCUT2D eigenvalue weighted by Crippen LogP contribution is -2.07. The van der Waals surface area contributed by atoms with Crippen LogP contribution >= 0.6 is 22.9 Å². The number of esters is 1. The van der Waals surface area contributed by atoms with E-state index < -0.39 is 0 Å². The minimum Gasteiger partial charge on any atom is -0.466 e. The van der Waals surface area contributed by atoms with E-state index in [1.165, 1.54) is 11.3 Å². The third kappa shape index (κ3) is 3.95. The molecule has 0 spiro atoms. The molecule has 106 valence electrons. The summed E-state index contributed by atoms with van der Waals surface area (Å²) in [6, 6.07) is 5.73. The molecule has 0 aliphatic rings. The summed E-state index contributed by atoms with van der Waals surface area (Å²) in [5.41, 5.74) is 2.60. The van der Waals surface area contributed by atoms with Gasteiger partial charge < -0.3 is 10.1 Å². The SMILES string of the molecule is CCOC(=O)Cc1csc(Nc2ccc(C)c(Cl)c2)n1. The van der Waals surface area contributed by atoms with Crippen LogP contribution in [-0.4, -0.2) is 17.6 Å². The summed E-state index contributed by atoms with van der Waals surface area (Å²) >= 11 is 7.51. The van der Waals surface area contributed by atoms with Gasteiger partial charge in [-0.1, -0.05) is 17.7 Å². The van der Waals surface area contributed by atoms with Crippen molar-refractivity contribution in [3.8, 4) is 0 Å². The second-order valence-electron chi connectivity index (χ2n) is 4.21. The lowest BCUT2D eigenvalue weighted by molar-refractivity contribution is -0.142. The Morgan fingerprint density at radius 2 is 2.30 bits per heavy atom. The van der Waals surface area contributed by atoms with Crippen LogP contribution < -0.4 is 5.32 Å². The molecule has 1 heterocycles. The molecule has 0 fully saturated rings. The smallest absolute Gasteiger partial charge is 0.311 e. The third-order valence-electron chi connectivity index (χ3n) is 2.61. The number of hydrogen-bond acceptors (Lipinski definition) is 5. The first-order chi connectivity index (χ1) is 9.58. The van der Waals surface area contributed by atoms with E-state index in [4.69, 9.17) is 16.3 Å². The number of benzene rings is 1. The number of rotatable bonds is 5. The number of aryl methyl sites for hydroxylation is 1. The molecule has 0 saturated heterocycles. The Labute approximate surface area is 126 Å².